The predicted molar refractivity (Wildman–Crippen MR) is 136 cm³/mol. The molecule has 0 heterocycles. The van der Waals surface area contributed by atoms with Crippen molar-refractivity contribution >= 4 is 38.9 Å². The van der Waals surface area contributed by atoms with Crippen LogP contribution in [0.5, 0.6) is 5.75 Å². The Labute approximate surface area is 207 Å². The molecular weight excluding hydrogens is 474 g/mol. The number of hydrogen-bond acceptors (Lipinski definition) is 5. The SMILES string of the molecule is COc1ccc(N(CC(=O)NN=C2CCC(C(C)(C)C)CC2)S(=O)(=O)c2ccccc2)cc1Cl. The molecule has 1 aliphatic carbocycles. The van der Waals surface area contributed by atoms with E-state index in [-0.39, 0.29) is 21.0 Å². The second-order valence-electron chi connectivity index (χ2n) is 9.50. The zero-order chi connectivity index (χ0) is 24.9. The summed E-state index contributed by atoms with van der Waals surface area (Å²) in [4.78, 5) is 12.9. The zero-order valence-corrected chi connectivity index (χ0v) is 21.6. The summed E-state index contributed by atoms with van der Waals surface area (Å²) in [6.07, 6.45) is 3.69. The molecule has 0 atom stereocenters. The van der Waals surface area contributed by atoms with E-state index < -0.39 is 22.5 Å². The Kier molecular flexibility index (Phi) is 8.25. The number of amides is 1. The number of hydrogen-bond donors (Lipinski definition) is 1. The van der Waals surface area contributed by atoms with Crippen LogP contribution in [-0.4, -0.2) is 33.7 Å². The van der Waals surface area contributed by atoms with Gasteiger partial charge in [0.25, 0.3) is 15.9 Å². The van der Waals surface area contributed by atoms with E-state index in [4.69, 9.17) is 16.3 Å². The second kappa shape index (κ2) is 10.8. The lowest BCUT2D eigenvalue weighted by atomic mass is 9.72. The Morgan fingerprint density at radius 3 is 2.35 bits per heavy atom. The summed E-state index contributed by atoms with van der Waals surface area (Å²) >= 11 is 6.24. The third-order valence-electron chi connectivity index (χ3n) is 6.17. The van der Waals surface area contributed by atoms with E-state index in [1.165, 1.54) is 25.3 Å². The summed E-state index contributed by atoms with van der Waals surface area (Å²) in [5, 5.41) is 4.54. The van der Waals surface area contributed by atoms with Crippen LogP contribution in [0.15, 0.2) is 58.5 Å². The Hall–Kier alpha value is -2.58. The lowest BCUT2D eigenvalue weighted by Crippen LogP contribution is -2.40. The van der Waals surface area contributed by atoms with Crippen LogP contribution in [0.25, 0.3) is 0 Å². The van der Waals surface area contributed by atoms with Crippen molar-refractivity contribution in [2.24, 2.45) is 16.4 Å². The van der Waals surface area contributed by atoms with Crippen LogP contribution in [0.2, 0.25) is 5.02 Å². The number of halogens is 1. The van der Waals surface area contributed by atoms with Gasteiger partial charge in [-0.15, -0.1) is 0 Å². The molecule has 0 bridgehead atoms. The van der Waals surface area contributed by atoms with E-state index in [9.17, 15) is 13.2 Å². The highest BCUT2D eigenvalue weighted by molar-refractivity contribution is 7.92. The number of nitrogens with zero attached hydrogens (tertiary/aromatic N) is 2. The van der Waals surface area contributed by atoms with Crippen LogP contribution in [0.1, 0.15) is 46.5 Å². The molecule has 1 saturated carbocycles. The number of carbonyl (C=O) groups is 1. The van der Waals surface area contributed by atoms with E-state index >= 15 is 0 Å². The van der Waals surface area contributed by atoms with E-state index in [1.807, 2.05) is 0 Å². The van der Waals surface area contributed by atoms with Crippen LogP contribution in [0.4, 0.5) is 5.69 Å². The van der Waals surface area contributed by atoms with Gasteiger partial charge in [0, 0.05) is 5.71 Å². The van der Waals surface area contributed by atoms with Gasteiger partial charge >= 0.3 is 0 Å². The topological polar surface area (TPSA) is 88.1 Å². The van der Waals surface area contributed by atoms with Gasteiger partial charge in [0.2, 0.25) is 0 Å². The second-order valence-corrected chi connectivity index (χ2v) is 11.8. The molecule has 7 nitrogen and oxygen atoms in total. The average Bonchev–Trinajstić information content (AvgIpc) is 2.81. The van der Waals surface area contributed by atoms with Crippen molar-refractivity contribution in [3.63, 3.8) is 0 Å². The number of methoxy groups -OCH3 is 1. The third-order valence-corrected chi connectivity index (χ3v) is 8.25. The monoisotopic (exact) mass is 505 g/mol. The first-order valence-electron chi connectivity index (χ1n) is 11.3. The molecule has 0 aliphatic heterocycles. The predicted octanol–water partition coefficient (Wildman–Crippen LogP) is 5.25. The maximum Gasteiger partial charge on any atom is 0.264 e. The van der Waals surface area contributed by atoms with Gasteiger partial charge in [0.1, 0.15) is 12.3 Å². The van der Waals surface area contributed by atoms with Gasteiger partial charge in [-0.3, -0.25) is 9.10 Å². The van der Waals surface area contributed by atoms with Gasteiger partial charge in [-0.2, -0.15) is 5.10 Å². The third kappa shape index (κ3) is 6.30. The van der Waals surface area contributed by atoms with Crippen molar-refractivity contribution in [2.75, 3.05) is 18.0 Å². The van der Waals surface area contributed by atoms with Crippen LogP contribution >= 0.6 is 11.6 Å². The van der Waals surface area contributed by atoms with E-state index in [0.717, 1.165) is 35.7 Å². The van der Waals surface area contributed by atoms with Gasteiger partial charge < -0.3 is 4.74 Å². The van der Waals surface area contributed by atoms with Crippen LogP contribution in [-0.2, 0) is 14.8 Å². The molecule has 1 amide bonds. The summed E-state index contributed by atoms with van der Waals surface area (Å²) in [6, 6.07) is 12.5. The number of benzene rings is 2. The number of nitrogens with one attached hydrogen (secondary N) is 1. The number of sulfonamides is 1. The van der Waals surface area contributed by atoms with Crippen molar-refractivity contribution in [3.05, 3.63) is 53.6 Å². The molecule has 0 aromatic heterocycles. The minimum atomic E-state index is -4.03. The normalized spacial score (nSPS) is 16.6. The molecule has 2 aromatic carbocycles. The summed E-state index contributed by atoms with van der Waals surface area (Å²) in [5.74, 6) is 0.495. The van der Waals surface area contributed by atoms with Crippen LogP contribution < -0.4 is 14.5 Å². The van der Waals surface area contributed by atoms with Crippen molar-refractivity contribution in [1.82, 2.24) is 5.43 Å². The van der Waals surface area contributed by atoms with Gasteiger partial charge in [0.05, 0.1) is 22.7 Å². The molecule has 34 heavy (non-hydrogen) atoms. The first kappa shape index (κ1) is 26.0. The Balaban J connectivity index is 1.79. The maximum absolute atomic E-state index is 13.4. The Bertz CT molecular complexity index is 1130. The molecule has 2 aromatic rings. The Morgan fingerprint density at radius 1 is 1.15 bits per heavy atom. The molecule has 184 valence electrons. The molecule has 1 N–H and O–H groups in total. The number of anilines is 1. The van der Waals surface area contributed by atoms with Gasteiger partial charge in [-0.05, 0) is 67.3 Å². The Morgan fingerprint density at radius 2 is 1.79 bits per heavy atom. The zero-order valence-electron chi connectivity index (χ0n) is 20.0. The lowest BCUT2D eigenvalue weighted by Gasteiger charge is -2.34. The van der Waals surface area contributed by atoms with Gasteiger partial charge in [0.15, 0.2) is 0 Å². The number of hydrazone groups is 1. The molecule has 0 unspecified atom stereocenters. The average molecular weight is 506 g/mol. The smallest absolute Gasteiger partial charge is 0.264 e. The first-order chi connectivity index (χ1) is 16.0. The summed E-state index contributed by atoms with van der Waals surface area (Å²) < 4.78 is 33.0. The van der Waals surface area contributed by atoms with E-state index in [1.54, 1.807) is 30.3 Å². The molecule has 0 spiro atoms. The van der Waals surface area contributed by atoms with Crippen molar-refractivity contribution in [2.45, 2.75) is 51.3 Å². The fourth-order valence-electron chi connectivity index (χ4n) is 4.08. The molecule has 0 saturated heterocycles. The van der Waals surface area contributed by atoms with Crippen molar-refractivity contribution in [1.29, 1.82) is 0 Å². The molecule has 0 radical (unpaired) electrons. The highest BCUT2D eigenvalue weighted by Crippen LogP contribution is 2.37. The fraction of sp³-hybridized carbons (Fsp3) is 0.440. The van der Waals surface area contributed by atoms with Gasteiger partial charge in [-0.25, -0.2) is 13.8 Å². The minimum absolute atomic E-state index is 0.0709. The lowest BCUT2D eigenvalue weighted by molar-refractivity contribution is -0.119. The minimum Gasteiger partial charge on any atom is -0.495 e. The van der Waals surface area contributed by atoms with Crippen molar-refractivity contribution < 1.29 is 17.9 Å². The quantitative estimate of drug-likeness (QED) is 0.520. The molecular formula is C25H32ClN3O4S. The molecule has 1 fully saturated rings. The first-order valence-corrected chi connectivity index (χ1v) is 13.1. The fourth-order valence-corrected chi connectivity index (χ4v) is 5.77. The summed E-state index contributed by atoms with van der Waals surface area (Å²) in [6.45, 7) is 6.29. The maximum atomic E-state index is 13.4. The number of ether oxygens (including phenoxy) is 1. The molecule has 3 rings (SSSR count). The molecule has 9 heteroatoms. The highest BCUT2D eigenvalue weighted by Gasteiger charge is 2.29. The van der Waals surface area contributed by atoms with Gasteiger partial charge in [-0.1, -0.05) is 50.6 Å². The highest BCUT2D eigenvalue weighted by atomic mass is 35.5. The number of carbonyl (C=O) groups excluding carboxylic acids is 1. The number of rotatable bonds is 7. The summed E-state index contributed by atoms with van der Waals surface area (Å²) in [7, 11) is -2.55. The standard InChI is InChI=1S/C25H32ClN3O4S/c1-25(2,3)18-10-12-19(13-11-18)27-28-24(30)17-29(20-14-15-23(33-4)22(26)16-20)34(31,32)21-8-6-5-7-9-21/h5-9,14-16,18H,10-13,17H2,1-4H3,(H,28,30). The van der Waals surface area contributed by atoms with E-state index in [2.05, 4.69) is 31.3 Å². The van der Waals surface area contributed by atoms with Crippen LogP contribution in [0, 0.1) is 11.3 Å². The largest absolute Gasteiger partial charge is 0.495 e. The van der Waals surface area contributed by atoms with E-state index in [0.29, 0.717) is 11.7 Å². The van der Waals surface area contributed by atoms with Crippen molar-refractivity contribution in [3.8, 4) is 5.75 Å². The molecule has 1 aliphatic rings. The summed E-state index contributed by atoms with van der Waals surface area (Å²) in [5.41, 5.74) is 3.99. The van der Waals surface area contributed by atoms with Crippen LogP contribution in [0.3, 0.4) is 0 Å².